The van der Waals surface area contributed by atoms with Gasteiger partial charge in [0.1, 0.15) is 10.6 Å². The van der Waals surface area contributed by atoms with Gasteiger partial charge in [-0.3, -0.25) is 4.79 Å². The van der Waals surface area contributed by atoms with Crippen LogP contribution < -0.4 is 0 Å². The third-order valence-corrected chi connectivity index (χ3v) is 11.0. The van der Waals surface area contributed by atoms with E-state index in [1.165, 1.54) is 0 Å². The minimum atomic E-state index is -3.61. The van der Waals surface area contributed by atoms with Gasteiger partial charge in [-0.2, -0.15) is 0 Å². The molecule has 0 radical (unpaired) electrons. The van der Waals surface area contributed by atoms with E-state index in [1.807, 2.05) is 46.8 Å². The summed E-state index contributed by atoms with van der Waals surface area (Å²) < 4.78 is 27.3. The van der Waals surface area contributed by atoms with E-state index in [2.05, 4.69) is 49.8 Å². The summed E-state index contributed by atoms with van der Waals surface area (Å²) in [6.45, 7) is 23.2. The molecule has 0 aromatic heterocycles. The molecule has 1 aromatic rings. The second-order valence-electron chi connectivity index (χ2n) is 10.2. The molecule has 34 heavy (non-hydrogen) atoms. The first-order chi connectivity index (χ1) is 14.0. The van der Waals surface area contributed by atoms with Gasteiger partial charge in [-0.25, -0.2) is 8.42 Å². The predicted octanol–water partition coefficient (Wildman–Crippen LogP) is 6.84. The van der Waals surface area contributed by atoms with Crippen LogP contribution in [0.5, 0.6) is 0 Å². The zero-order chi connectivity index (χ0) is 26.3. The molecular formula is C23H43Br2ClO6SSi. The molecule has 1 rings (SSSR count). The molecule has 0 aliphatic carbocycles. The Morgan fingerprint density at radius 3 is 1.59 bits per heavy atom. The molecule has 0 aliphatic rings. The lowest BCUT2D eigenvalue weighted by Gasteiger charge is -2.37. The molecule has 0 atom stereocenters. The fraction of sp³-hybridized carbons (Fsp3) is 0.652. The third-order valence-electron chi connectivity index (χ3n) is 4.76. The largest absolute Gasteiger partial charge is 0.518 e. The number of rotatable bonds is 4. The van der Waals surface area contributed by atoms with Crippen molar-refractivity contribution in [1.29, 1.82) is 0 Å². The van der Waals surface area contributed by atoms with Crippen molar-refractivity contribution in [1.82, 2.24) is 0 Å². The Bertz CT molecular complexity index is 867. The summed E-state index contributed by atoms with van der Waals surface area (Å²) in [6, 6.07) is 3.62. The van der Waals surface area contributed by atoms with Crippen LogP contribution in [0.25, 0.3) is 0 Å². The van der Waals surface area contributed by atoms with Crippen LogP contribution in [0.2, 0.25) is 18.1 Å². The molecule has 0 amide bonds. The smallest absolute Gasteiger partial charge is 0.309 e. The molecule has 2 N–H and O–H groups in total. The predicted molar refractivity (Wildman–Crippen MR) is 155 cm³/mol. The van der Waals surface area contributed by atoms with E-state index in [-0.39, 0.29) is 44.3 Å². The van der Waals surface area contributed by atoms with Gasteiger partial charge in [0.2, 0.25) is 0 Å². The number of hydrogen-bond acceptors (Lipinski definition) is 5. The van der Waals surface area contributed by atoms with Crippen molar-refractivity contribution >= 4 is 73.2 Å². The number of alkyl halides is 1. The van der Waals surface area contributed by atoms with Gasteiger partial charge in [0.05, 0.1) is 4.90 Å². The van der Waals surface area contributed by atoms with Gasteiger partial charge in [-0.15, -0.1) is 17.0 Å². The first-order valence-corrected chi connectivity index (χ1v) is 16.4. The average Bonchev–Trinajstić information content (AvgIpc) is 2.51. The fourth-order valence-electron chi connectivity index (χ4n) is 2.06. The molecular weight excluding hydrogens is 628 g/mol. The second kappa shape index (κ2) is 15.8. The zero-order valence-corrected chi connectivity index (χ0v) is 28.3. The summed E-state index contributed by atoms with van der Waals surface area (Å²) in [5, 5.41) is 0.0703. The van der Waals surface area contributed by atoms with Crippen LogP contribution in [-0.2, 0) is 23.1 Å². The minimum absolute atomic E-state index is 0. The maximum absolute atomic E-state index is 11.7. The monoisotopic (exact) mass is 668 g/mol. The van der Waals surface area contributed by atoms with E-state index >= 15 is 0 Å². The summed E-state index contributed by atoms with van der Waals surface area (Å²) in [7, 11) is -0.272. The first kappa shape index (κ1) is 40.9. The number of carbonyl (C=O) groups excluding carboxylic acids is 2. The Morgan fingerprint density at radius 1 is 1.06 bits per heavy atom. The van der Waals surface area contributed by atoms with Gasteiger partial charge in [0, 0.05) is 16.6 Å². The molecule has 0 bridgehead atoms. The van der Waals surface area contributed by atoms with Gasteiger partial charge in [-0.05, 0) is 63.9 Å². The van der Waals surface area contributed by atoms with E-state index in [9.17, 15) is 18.0 Å². The lowest BCUT2D eigenvalue weighted by molar-refractivity contribution is -0.137. The highest BCUT2D eigenvalue weighted by atomic mass is 79.9. The summed E-state index contributed by atoms with van der Waals surface area (Å²) in [4.78, 5) is 21.4. The SMILES string of the molecule is Br.CC(C)(Br)C(=O)O[Si](C)(C)C(C)(C)C.CC(C)C=O.Cc1cc(C)c(S(=O)(=O)Cl)c(C)c1.O. The van der Waals surface area contributed by atoms with Crippen molar-refractivity contribution < 1.29 is 27.9 Å². The Labute approximate surface area is 231 Å². The number of aldehydes is 1. The van der Waals surface area contributed by atoms with Crippen LogP contribution in [0, 0.1) is 26.7 Å². The van der Waals surface area contributed by atoms with Crippen LogP contribution in [0.4, 0.5) is 0 Å². The summed E-state index contributed by atoms with van der Waals surface area (Å²) >= 11 is 3.31. The van der Waals surface area contributed by atoms with E-state index in [0.717, 1.165) is 11.8 Å². The first-order valence-electron chi connectivity index (χ1n) is 10.4. The molecule has 0 saturated heterocycles. The fourth-order valence-corrected chi connectivity index (χ4v) is 4.93. The molecule has 202 valence electrons. The number of carbonyl (C=O) groups is 2. The molecule has 1 aromatic carbocycles. The van der Waals surface area contributed by atoms with Crippen LogP contribution >= 0.6 is 43.6 Å². The number of aryl methyl sites for hydroxylation is 3. The van der Waals surface area contributed by atoms with E-state index in [1.54, 1.807) is 13.8 Å². The van der Waals surface area contributed by atoms with Crippen LogP contribution in [0.3, 0.4) is 0 Å². The lowest BCUT2D eigenvalue weighted by atomic mass is 10.1. The maximum atomic E-state index is 11.7. The van der Waals surface area contributed by atoms with Crippen LogP contribution in [-0.4, -0.2) is 38.8 Å². The van der Waals surface area contributed by atoms with Gasteiger partial charge < -0.3 is 14.7 Å². The lowest BCUT2D eigenvalue weighted by Crippen LogP contribution is -2.46. The summed E-state index contributed by atoms with van der Waals surface area (Å²) in [6.07, 6.45) is 0.917. The van der Waals surface area contributed by atoms with Crippen molar-refractivity contribution in [2.75, 3.05) is 0 Å². The molecule has 0 aliphatic heterocycles. The van der Waals surface area contributed by atoms with Gasteiger partial charge in [0.25, 0.3) is 17.4 Å². The van der Waals surface area contributed by atoms with Crippen molar-refractivity contribution in [3.8, 4) is 0 Å². The molecule has 0 spiro atoms. The topological polar surface area (TPSA) is 109 Å². The molecule has 0 unspecified atom stereocenters. The zero-order valence-electron chi connectivity index (χ0n) is 22.4. The molecule has 0 saturated carbocycles. The third kappa shape index (κ3) is 15.7. The Balaban J connectivity index is -0.000000211. The van der Waals surface area contributed by atoms with E-state index in [0.29, 0.717) is 11.1 Å². The van der Waals surface area contributed by atoms with Crippen molar-refractivity contribution in [2.45, 2.75) is 96.6 Å². The number of benzene rings is 1. The minimum Gasteiger partial charge on any atom is -0.518 e. The maximum Gasteiger partial charge on any atom is 0.309 e. The van der Waals surface area contributed by atoms with Crippen molar-refractivity contribution in [3.63, 3.8) is 0 Å². The van der Waals surface area contributed by atoms with Crippen LogP contribution in [0.15, 0.2) is 17.0 Å². The standard InChI is InChI=1S/C10H21BrO2Si.C9H11ClO2S.C4H8O.BrH.H2O/c1-9(2,3)14(6,7)13-8(12)10(4,5)11;1-6-4-7(2)9(8(3)5-6)13(10,11)12;1-4(2)3-5;;/h1-7H3;4-5H,1-3H3;3-4H,1-2H3;1H;1H2. The Kier molecular flexibility index (Phi) is 19.0. The Morgan fingerprint density at radius 2 is 1.38 bits per heavy atom. The van der Waals surface area contributed by atoms with E-state index in [4.69, 9.17) is 15.1 Å². The number of halogens is 3. The molecule has 0 fully saturated rings. The van der Waals surface area contributed by atoms with E-state index < -0.39 is 21.7 Å². The molecule has 0 heterocycles. The van der Waals surface area contributed by atoms with Gasteiger partial charge in [0.15, 0.2) is 0 Å². The highest BCUT2D eigenvalue weighted by molar-refractivity contribution is 9.10. The average molecular weight is 671 g/mol. The van der Waals surface area contributed by atoms with Crippen molar-refractivity contribution in [2.24, 2.45) is 5.92 Å². The highest BCUT2D eigenvalue weighted by Gasteiger charge is 2.42. The molecule has 6 nitrogen and oxygen atoms in total. The van der Waals surface area contributed by atoms with Gasteiger partial charge >= 0.3 is 5.97 Å². The quantitative estimate of drug-likeness (QED) is 0.151. The highest BCUT2D eigenvalue weighted by Crippen LogP contribution is 2.37. The Hall–Kier alpha value is -0.263. The van der Waals surface area contributed by atoms with Crippen molar-refractivity contribution in [3.05, 3.63) is 28.8 Å². The van der Waals surface area contributed by atoms with Gasteiger partial charge in [-0.1, -0.05) is 68.2 Å². The normalized spacial score (nSPS) is 11.5. The summed E-state index contributed by atoms with van der Waals surface area (Å²) in [5.74, 6) is 0.0408. The molecule has 11 heteroatoms. The number of hydrogen-bond donors (Lipinski definition) is 0. The summed E-state index contributed by atoms with van der Waals surface area (Å²) in [5.41, 5.74) is 2.44. The van der Waals surface area contributed by atoms with Crippen LogP contribution in [0.1, 0.15) is 65.2 Å². The second-order valence-corrected chi connectivity index (χ2v) is 19.4.